The van der Waals surface area contributed by atoms with Crippen molar-refractivity contribution in [2.45, 2.75) is 57.9 Å². The highest BCUT2D eigenvalue weighted by Crippen LogP contribution is 2.35. The SMILES string of the molecule is Cc1nc(N[C@H]2C[C@@H](Nc3ccc(C(F)(F)F)cn3)C2)nc2c1NC(=O)[C@H](C(C)C)N2C. The van der Waals surface area contributed by atoms with Gasteiger partial charge in [0.15, 0.2) is 5.82 Å². The summed E-state index contributed by atoms with van der Waals surface area (Å²) in [5.41, 5.74) is 0.543. The molecule has 1 saturated carbocycles. The highest BCUT2D eigenvalue weighted by atomic mass is 19.4. The monoisotopic (exact) mass is 449 g/mol. The molecule has 1 aliphatic carbocycles. The summed E-state index contributed by atoms with van der Waals surface area (Å²) in [5, 5.41) is 9.39. The van der Waals surface area contributed by atoms with Gasteiger partial charge in [0, 0.05) is 25.3 Å². The first-order valence-corrected chi connectivity index (χ1v) is 10.5. The molecule has 0 radical (unpaired) electrons. The number of hydrogen-bond acceptors (Lipinski definition) is 7. The van der Waals surface area contributed by atoms with Crippen LogP contribution in [0.5, 0.6) is 0 Å². The number of fused-ring (bicyclic) bond motifs is 1. The Hall–Kier alpha value is -3.11. The molecule has 0 unspecified atom stereocenters. The van der Waals surface area contributed by atoms with Gasteiger partial charge in [-0.25, -0.2) is 9.97 Å². The second-order valence-corrected chi connectivity index (χ2v) is 8.70. The first-order chi connectivity index (χ1) is 15.0. The Morgan fingerprint density at radius 1 is 1.16 bits per heavy atom. The first-order valence-electron chi connectivity index (χ1n) is 10.5. The van der Waals surface area contributed by atoms with Crippen molar-refractivity contribution in [2.24, 2.45) is 5.92 Å². The third-order valence-corrected chi connectivity index (χ3v) is 5.88. The van der Waals surface area contributed by atoms with Crippen LogP contribution in [0.1, 0.15) is 37.9 Å². The molecule has 8 nitrogen and oxygen atoms in total. The molecule has 3 heterocycles. The molecule has 32 heavy (non-hydrogen) atoms. The van der Waals surface area contributed by atoms with Crippen LogP contribution in [0.3, 0.4) is 0 Å². The van der Waals surface area contributed by atoms with Gasteiger partial charge in [-0.05, 0) is 37.8 Å². The third-order valence-electron chi connectivity index (χ3n) is 5.88. The third kappa shape index (κ3) is 4.28. The van der Waals surface area contributed by atoms with Crippen molar-refractivity contribution in [3.63, 3.8) is 0 Å². The molecule has 1 amide bonds. The van der Waals surface area contributed by atoms with Gasteiger partial charge in [-0.3, -0.25) is 4.79 Å². The minimum Gasteiger partial charge on any atom is -0.367 e. The van der Waals surface area contributed by atoms with E-state index in [1.165, 1.54) is 6.07 Å². The molecule has 1 fully saturated rings. The lowest BCUT2D eigenvalue weighted by Gasteiger charge is -2.38. The molecule has 2 aliphatic rings. The van der Waals surface area contributed by atoms with Crippen LogP contribution in [-0.4, -0.2) is 46.0 Å². The number of carbonyl (C=O) groups is 1. The number of pyridine rings is 1. The van der Waals surface area contributed by atoms with Crippen LogP contribution in [0.4, 0.5) is 36.4 Å². The normalized spacial score (nSPS) is 22.8. The number of nitrogens with zero attached hydrogens (tertiary/aromatic N) is 4. The fourth-order valence-corrected chi connectivity index (χ4v) is 4.17. The highest BCUT2D eigenvalue weighted by molar-refractivity contribution is 6.03. The van der Waals surface area contributed by atoms with E-state index in [1.807, 2.05) is 32.7 Å². The molecule has 2 aromatic rings. The molecule has 0 saturated heterocycles. The molecule has 3 N–H and O–H groups in total. The minimum atomic E-state index is -4.39. The molecule has 11 heteroatoms. The van der Waals surface area contributed by atoms with Crippen LogP contribution in [0, 0.1) is 12.8 Å². The Labute approximate surface area is 184 Å². The number of rotatable bonds is 5. The van der Waals surface area contributed by atoms with E-state index in [2.05, 4.69) is 30.9 Å². The van der Waals surface area contributed by atoms with Crippen molar-refractivity contribution < 1.29 is 18.0 Å². The smallest absolute Gasteiger partial charge is 0.367 e. The number of aromatic nitrogens is 3. The van der Waals surface area contributed by atoms with Crippen LogP contribution in [0.15, 0.2) is 18.3 Å². The number of carbonyl (C=O) groups excluding carboxylic acids is 1. The lowest BCUT2D eigenvalue weighted by atomic mass is 9.87. The molecule has 2 aromatic heterocycles. The Kier molecular flexibility index (Phi) is 5.59. The van der Waals surface area contributed by atoms with Gasteiger partial charge in [-0.2, -0.15) is 18.2 Å². The van der Waals surface area contributed by atoms with Gasteiger partial charge in [0.1, 0.15) is 17.5 Å². The number of amides is 1. The van der Waals surface area contributed by atoms with Gasteiger partial charge in [0.2, 0.25) is 11.9 Å². The summed E-state index contributed by atoms with van der Waals surface area (Å²) in [5.74, 6) is 1.65. The Bertz CT molecular complexity index is 1000. The number of nitrogens with one attached hydrogen (secondary N) is 3. The van der Waals surface area contributed by atoms with Crippen LogP contribution in [0.2, 0.25) is 0 Å². The maximum atomic E-state index is 12.7. The summed E-state index contributed by atoms with van der Waals surface area (Å²) in [6, 6.07) is 2.28. The summed E-state index contributed by atoms with van der Waals surface area (Å²) < 4.78 is 38.0. The number of aryl methyl sites for hydroxylation is 1. The fraction of sp³-hybridized carbons (Fsp3) is 0.524. The van der Waals surface area contributed by atoms with Crippen LogP contribution in [0.25, 0.3) is 0 Å². The molecule has 0 aromatic carbocycles. The van der Waals surface area contributed by atoms with Gasteiger partial charge in [-0.15, -0.1) is 0 Å². The molecular weight excluding hydrogens is 423 g/mol. The summed E-state index contributed by atoms with van der Waals surface area (Å²) in [4.78, 5) is 27.3. The van der Waals surface area contributed by atoms with Crippen LogP contribution < -0.4 is 20.9 Å². The van der Waals surface area contributed by atoms with Gasteiger partial charge in [-0.1, -0.05) is 13.8 Å². The summed E-state index contributed by atoms with van der Waals surface area (Å²) >= 11 is 0. The van der Waals surface area contributed by atoms with E-state index >= 15 is 0 Å². The topological polar surface area (TPSA) is 95.1 Å². The fourth-order valence-electron chi connectivity index (χ4n) is 4.17. The maximum absolute atomic E-state index is 12.7. The van der Waals surface area contributed by atoms with Gasteiger partial charge >= 0.3 is 6.18 Å². The summed E-state index contributed by atoms with van der Waals surface area (Å²) in [7, 11) is 1.86. The average molecular weight is 449 g/mol. The van der Waals surface area contributed by atoms with Crippen LogP contribution in [-0.2, 0) is 11.0 Å². The lowest BCUT2D eigenvalue weighted by molar-refractivity contribution is -0.137. The van der Waals surface area contributed by atoms with Crippen molar-refractivity contribution >= 4 is 29.2 Å². The van der Waals surface area contributed by atoms with E-state index in [9.17, 15) is 18.0 Å². The van der Waals surface area contributed by atoms with Crippen molar-refractivity contribution in [1.82, 2.24) is 15.0 Å². The predicted molar refractivity (Wildman–Crippen MR) is 116 cm³/mol. The zero-order chi connectivity index (χ0) is 23.2. The first kappa shape index (κ1) is 22.1. The number of hydrogen-bond donors (Lipinski definition) is 3. The Morgan fingerprint density at radius 3 is 2.44 bits per heavy atom. The maximum Gasteiger partial charge on any atom is 0.417 e. The summed E-state index contributed by atoms with van der Waals surface area (Å²) in [6.45, 7) is 5.81. The molecule has 172 valence electrons. The van der Waals surface area contributed by atoms with Crippen LogP contribution >= 0.6 is 0 Å². The average Bonchev–Trinajstić information content (AvgIpc) is 2.67. The molecule has 0 spiro atoms. The van der Waals surface area contributed by atoms with Crippen molar-refractivity contribution in [1.29, 1.82) is 0 Å². The number of halogens is 3. The molecule has 1 aliphatic heterocycles. The Morgan fingerprint density at radius 2 is 1.84 bits per heavy atom. The van der Waals surface area contributed by atoms with E-state index < -0.39 is 11.7 Å². The summed E-state index contributed by atoms with van der Waals surface area (Å²) in [6.07, 6.45) is -2.05. The van der Waals surface area contributed by atoms with Gasteiger partial charge < -0.3 is 20.9 Å². The highest BCUT2D eigenvalue weighted by Gasteiger charge is 2.36. The van der Waals surface area contributed by atoms with Crippen molar-refractivity contribution in [3.05, 3.63) is 29.6 Å². The van der Waals surface area contributed by atoms with E-state index in [4.69, 9.17) is 0 Å². The Balaban J connectivity index is 1.37. The number of anilines is 4. The van der Waals surface area contributed by atoms with E-state index in [0.29, 0.717) is 29.0 Å². The van der Waals surface area contributed by atoms with Gasteiger partial charge in [0.05, 0.1) is 11.3 Å². The van der Waals surface area contributed by atoms with Gasteiger partial charge in [0.25, 0.3) is 0 Å². The molecule has 1 atom stereocenters. The number of likely N-dealkylation sites (N-methyl/N-ethyl adjacent to an activating group) is 1. The van der Waals surface area contributed by atoms with E-state index in [0.717, 1.165) is 25.1 Å². The standard InChI is InChI=1S/C21H26F3N7O/c1-10(2)17-19(32)29-16-11(3)26-20(30-18(16)31(17)4)28-14-7-13(8-14)27-15-6-5-12(9-25-15)21(22,23)24/h5-6,9-10,13-14,17H,7-8H2,1-4H3,(H,25,27)(H,29,32)(H,26,28,30)/t13-,14+,17-/m0/s1. The molecule has 0 bridgehead atoms. The van der Waals surface area contributed by atoms with E-state index in [-0.39, 0.29) is 30.0 Å². The second kappa shape index (κ2) is 8.10. The minimum absolute atomic E-state index is 0.0628. The molecular formula is C21H26F3N7O. The second-order valence-electron chi connectivity index (χ2n) is 8.70. The largest absolute Gasteiger partial charge is 0.417 e. The zero-order valence-corrected chi connectivity index (χ0v) is 18.3. The quantitative estimate of drug-likeness (QED) is 0.641. The van der Waals surface area contributed by atoms with Crippen molar-refractivity contribution in [2.75, 3.05) is 27.9 Å². The predicted octanol–water partition coefficient (Wildman–Crippen LogP) is 3.67. The lowest BCUT2D eigenvalue weighted by Crippen LogP contribution is -2.50. The van der Waals surface area contributed by atoms with E-state index in [1.54, 1.807) is 0 Å². The zero-order valence-electron chi connectivity index (χ0n) is 18.3. The van der Waals surface area contributed by atoms with Crippen molar-refractivity contribution in [3.8, 4) is 0 Å². The number of alkyl halides is 3. The molecule has 4 rings (SSSR count).